The normalized spacial score (nSPS) is 10.0. The SMILES string of the molecule is Nc1ccc(C#Cc2ccnc3[nH]ccc23)cc1. The number of benzene rings is 1. The summed E-state index contributed by atoms with van der Waals surface area (Å²) in [6, 6.07) is 11.4. The fraction of sp³-hybridized carbons (Fsp3) is 0. The van der Waals surface area contributed by atoms with Gasteiger partial charge in [0.05, 0.1) is 0 Å². The zero-order valence-electron chi connectivity index (χ0n) is 9.64. The lowest BCUT2D eigenvalue weighted by Crippen LogP contribution is -1.84. The highest BCUT2D eigenvalue weighted by molar-refractivity contribution is 5.82. The molecule has 18 heavy (non-hydrogen) atoms. The molecule has 0 spiro atoms. The molecule has 0 unspecified atom stereocenters. The minimum atomic E-state index is 0.748. The highest BCUT2D eigenvalue weighted by Crippen LogP contribution is 2.14. The predicted molar refractivity (Wildman–Crippen MR) is 72.9 cm³/mol. The maximum atomic E-state index is 5.63. The summed E-state index contributed by atoms with van der Waals surface area (Å²) in [5, 5.41) is 1.04. The Hall–Kier alpha value is -2.73. The van der Waals surface area contributed by atoms with Crippen molar-refractivity contribution in [3.8, 4) is 11.8 Å². The Bertz CT molecular complexity index is 742. The van der Waals surface area contributed by atoms with E-state index in [4.69, 9.17) is 5.73 Å². The number of nitrogens with one attached hydrogen (secondary N) is 1. The average Bonchev–Trinajstić information content (AvgIpc) is 2.87. The molecule has 3 nitrogen and oxygen atoms in total. The molecule has 2 aromatic heterocycles. The standard InChI is InChI=1S/C15H11N3/c16-13-5-2-11(3-6-13)1-4-12-7-9-17-15-14(12)8-10-18-15/h2-3,5-10H,16H2,(H,17,18). The molecule has 0 aliphatic heterocycles. The Morgan fingerprint density at radius 3 is 2.67 bits per heavy atom. The number of rotatable bonds is 0. The average molecular weight is 233 g/mol. The van der Waals surface area contributed by atoms with Crippen molar-refractivity contribution in [3.05, 3.63) is 59.9 Å². The molecule has 3 rings (SSSR count). The third kappa shape index (κ3) is 1.92. The van der Waals surface area contributed by atoms with Crippen molar-refractivity contribution < 1.29 is 0 Å². The van der Waals surface area contributed by atoms with E-state index in [9.17, 15) is 0 Å². The second-order valence-corrected chi connectivity index (χ2v) is 3.97. The highest BCUT2D eigenvalue weighted by Gasteiger charge is 1.98. The molecular formula is C15H11N3. The number of fused-ring (bicyclic) bond motifs is 1. The van der Waals surface area contributed by atoms with Crippen molar-refractivity contribution >= 4 is 16.7 Å². The molecule has 3 N–H and O–H groups in total. The molecule has 0 radical (unpaired) electrons. The molecule has 0 saturated carbocycles. The summed E-state index contributed by atoms with van der Waals surface area (Å²) in [7, 11) is 0. The molecule has 0 amide bonds. The van der Waals surface area contributed by atoms with Crippen LogP contribution in [0.2, 0.25) is 0 Å². The number of aromatic nitrogens is 2. The highest BCUT2D eigenvalue weighted by atomic mass is 14.8. The van der Waals surface area contributed by atoms with Gasteiger partial charge >= 0.3 is 0 Å². The third-order valence-electron chi connectivity index (χ3n) is 2.71. The third-order valence-corrected chi connectivity index (χ3v) is 2.71. The Kier molecular flexibility index (Phi) is 2.47. The van der Waals surface area contributed by atoms with Gasteiger partial charge in [0, 0.05) is 34.6 Å². The Morgan fingerprint density at radius 1 is 1.00 bits per heavy atom. The van der Waals surface area contributed by atoms with E-state index in [0.717, 1.165) is 27.8 Å². The largest absolute Gasteiger partial charge is 0.399 e. The Morgan fingerprint density at radius 2 is 1.83 bits per heavy atom. The van der Waals surface area contributed by atoms with Crippen molar-refractivity contribution in [2.45, 2.75) is 0 Å². The van der Waals surface area contributed by atoms with Gasteiger partial charge in [-0.1, -0.05) is 11.8 Å². The van der Waals surface area contributed by atoms with Crippen LogP contribution in [0.5, 0.6) is 0 Å². The van der Waals surface area contributed by atoms with E-state index in [0.29, 0.717) is 0 Å². The number of nitrogens with zero attached hydrogens (tertiary/aromatic N) is 1. The van der Waals surface area contributed by atoms with Crippen LogP contribution in [-0.4, -0.2) is 9.97 Å². The summed E-state index contributed by atoms with van der Waals surface area (Å²) in [5.41, 5.74) is 9.16. The number of H-pyrrole nitrogens is 1. The van der Waals surface area contributed by atoms with Crippen LogP contribution in [0.3, 0.4) is 0 Å². The van der Waals surface area contributed by atoms with Crippen LogP contribution in [0.1, 0.15) is 11.1 Å². The lowest BCUT2D eigenvalue weighted by molar-refractivity contribution is 1.32. The molecule has 2 heterocycles. The maximum Gasteiger partial charge on any atom is 0.138 e. The second-order valence-electron chi connectivity index (χ2n) is 3.97. The molecule has 0 aliphatic carbocycles. The minimum absolute atomic E-state index is 0.748. The smallest absolute Gasteiger partial charge is 0.138 e. The molecule has 3 heteroatoms. The lowest BCUT2D eigenvalue weighted by atomic mass is 10.1. The van der Waals surface area contributed by atoms with E-state index in [2.05, 4.69) is 21.8 Å². The van der Waals surface area contributed by atoms with E-state index >= 15 is 0 Å². The summed E-state index contributed by atoms with van der Waals surface area (Å²) >= 11 is 0. The fourth-order valence-corrected chi connectivity index (χ4v) is 1.78. The number of anilines is 1. The Labute approximate surface area is 105 Å². The topological polar surface area (TPSA) is 54.7 Å². The van der Waals surface area contributed by atoms with E-state index in [-0.39, 0.29) is 0 Å². The first kappa shape index (κ1) is 10.4. The molecule has 0 fully saturated rings. The minimum Gasteiger partial charge on any atom is -0.399 e. The van der Waals surface area contributed by atoms with E-state index in [1.807, 2.05) is 42.6 Å². The van der Waals surface area contributed by atoms with E-state index in [1.165, 1.54) is 0 Å². The number of aromatic amines is 1. The zero-order chi connectivity index (χ0) is 12.4. The zero-order valence-corrected chi connectivity index (χ0v) is 9.64. The molecule has 1 aromatic carbocycles. The molecule has 86 valence electrons. The van der Waals surface area contributed by atoms with Crippen molar-refractivity contribution in [2.24, 2.45) is 0 Å². The summed E-state index contributed by atoms with van der Waals surface area (Å²) < 4.78 is 0. The van der Waals surface area contributed by atoms with Crippen LogP contribution in [0.15, 0.2) is 48.8 Å². The van der Waals surface area contributed by atoms with Gasteiger partial charge in [0.25, 0.3) is 0 Å². The first-order chi connectivity index (χ1) is 8.83. The van der Waals surface area contributed by atoms with Gasteiger partial charge in [-0.3, -0.25) is 0 Å². The quantitative estimate of drug-likeness (QED) is 0.463. The van der Waals surface area contributed by atoms with Crippen molar-refractivity contribution in [1.29, 1.82) is 0 Å². The van der Waals surface area contributed by atoms with E-state index < -0.39 is 0 Å². The monoisotopic (exact) mass is 233 g/mol. The van der Waals surface area contributed by atoms with Gasteiger partial charge in [0.1, 0.15) is 5.65 Å². The van der Waals surface area contributed by atoms with Crippen LogP contribution in [0.4, 0.5) is 5.69 Å². The maximum absolute atomic E-state index is 5.63. The van der Waals surface area contributed by atoms with Crippen LogP contribution < -0.4 is 5.73 Å². The first-order valence-corrected chi connectivity index (χ1v) is 5.62. The van der Waals surface area contributed by atoms with Crippen molar-refractivity contribution in [1.82, 2.24) is 9.97 Å². The molecule has 0 bridgehead atoms. The van der Waals surface area contributed by atoms with Crippen molar-refractivity contribution in [2.75, 3.05) is 5.73 Å². The van der Waals surface area contributed by atoms with Gasteiger partial charge in [-0.15, -0.1) is 0 Å². The number of hydrogen-bond acceptors (Lipinski definition) is 2. The van der Waals surface area contributed by atoms with Crippen LogP contribution in [0, 0.1) is 11.8 Å². The first-order valence-electron chi connectivity index (χ1n) is 5.62. The molecule has 3 aromatic rings. The Balaban J connectivity index is 2.02. The fourth-order valence-electron chi connectivity index (χ4n) is 1.78. The van der Waals surface area contributed by atoms with Gasteiger partial charge < -0.3 is 10.7 Å². The van der Waals surface area contributed by atoms with E-state index in [1.54, 1.807) is 6.20 Å². The molecular weight excluding hydrogens is 222 g/mol. The number of pyridine rings is 1. The molecule has 0 atom stereocenters. The number of nitrogens with two attached hydrogens (primary N) is 1. The number of nitrogen functional groups attached to an aromatic ring is 1. The van der Waals surface area contributed by atoms with Gasteiger partial charge in [-0.25, -0.2) is 4.98 Å². The van der Waals surface area contributed by atoms with Gasteiger partial charge in [0.2, 0.25) is 0 Å². The van der Waals surface area contributed by atoms with Crippen molar-refractivity contribution in [3.63, 3.8) is 0 Å². The second kappa shape index (κ2) is 4.27. The van der Waals surface area contributed by atoms with Crippen LogP contribution >= 0.6 is 0 Å². The molecule has 0 saturated heterocycles. The summed E-state index contributed by atoms with van der Waals surface area (Å²) in [6.07, 6.45) is 3.62. The van der Waals surface area contributed by atoms with Crippen LogP contribution in [0.25, 0.3) is 11.0 Å². The van der Waals surface area contributed by atoms with Gasteiger partial charge in [-0.2, -0.15) is 0 Å². The lowest BCUT2D eigenvalue weighted by Gasteiger charge is -1.94. The predicted octanol–water partition coefficient (Wildman–Crippen LogP) is 2.54. The summed E-state index contributed by atoms with van der Waals surface area (Å²) in [5.74, 6) is 6.28. The summed E-state index contributed by atoms with van der Waals surface area (Å²) in [4.78, 5) is 7.30. The van der Waals surface area contributed by atoms with Gasteiger partial charge in [-0.05, 0) is 36.4 Å². The number of hydrogen-bond donors (Lipinski definition) is 2. The summed E-state index contributed by atoms with van der Waals surface area (Å²) in [6.45, 7) is 0. The van der Waals surface area contributed by atoms with Crippen LogP contribution in [-0.2, 0) is 0 Å². The molecule has 0 aliphatic rings. The van der Waals surface area contributed by atoms with Gasteiger partial charge in [0.15, 0.2) is 0 Å².